The molecule has 0 saturated heterocycles. The Morgan fingerprint density at radius 3 is 1.71 bits per heavy atom. The molecule has 0 aliphatic rings. The van der Waals surface area contributed by atoms with Crippen LogP contribution in [0.25, 0.3) is 0 Å². The molecule has 0 aromatic rings. The van der Waals surface area contributed by atoms with Crippen molar-refractivity contribution in [1.29, 1.82) is 0 Å². The molecule has 2 N–H and O–H groups in total. The quantitative estimate of drug-likeness (QED) is 0.114. The van der Waals surface area contributed by atoms with Gasteiger partial charge in [-0.15, -0.1) is 0 Å². The highest BCUT2D eigenvalue weighted by atomic mass is 16.6. The first-order valence-corrected chi connectivity index (χ1v) is 13.6. The van der Waals surface area contributed by atoms with Crippen molar-refractivity contribution in [3.8, 4) is 0 Å². The summed E-state index contributed by atoms with van der Waals surface area (Å²) in [5.74, 6) is -1.23. The molecule has 8 heteroatoms. The van der Waals surface area contributed by atoms with E-state index in [2.05, 4.69) is 0 Å². The molecule has 206 valence electrons. The van der Waals surface area contributed by atoms with Gasteiger partial charge in [0.05, 0.1) is 12.2 Å². The van der Waals surface area contributed by atoms with Crippen LogP contribution in [-0.2, 0) is 28.6 Å². The minimum atomic E-state index is -0.805. The number of ether oxygens (including phenoxy) is 3. The molecule has 3 unspecified atom stereocenters. The minimum absolute atomic E-state index is 0.129. The van der Waals surface area contributed by atoms with Crippen LogP contribution in [0.4, 0.5) is 0 Å². The monoisotopic (exact) mass is 502 g/mol. The normalized spacial score (nSPS) is 13.6. The summed E-state index contributed by atoms with van der Waals surface area (Å²) in [4.78, 5) is 35.3. The summed E-state index contributed by atoms with van der Waals surface area (Å²) in [5, 5.41) is 18.8. The molecule has 0 fully saturated rings. The molecular formula is C27H50O8. The third-order valence-electron chi connectivity index (χ3n) is 5.84. The average molecular weight is 503 g/mol. The van der Waals surface area contributed by atoms with Crippen LogP contribution in [0.15, 0.2) is 0 Å². The first-order valence-electron chi connectivity index (χ1n) is 13.6. The standard InChI is InChI=1S/C27H50O8/c1-4-24(30)17-13-9-7-11-14-18-26(31)34-21-25(20-33-23(3)29)35-27(32)19-15-10-6-5-8-12-16-22(2)28/h22,24-25,28,30H,4-21H2,1-3H3. The van der Waals surface area contributed by atoms with Gasteiger partial charge in [-0.05, 0) is 39.0 Å². The number of aliphatic hydroxyl groups is 2. The predicted octanol–water partition coefficient (Wildman–Crippen LogP) is 5.01. The van der Waals surface area contributed by atoms with Gasteiger partial charge in [0, 0.05) is 19.8 Å². The lowest BCUT2D eigenvalue weighted by Crippen LogP contribution is -2.30. The van der Waals surface area contributed by atoms with Crippen LogP contribution in [-0.4, -0.2) is 59.6 Å². The van der Waals surface area contributed by atoms with Crippen molar-refractivity contribution in [2.45, 2.75) is 142 Å². The minimum Gasteiger partial charge on any atom is -0.462 e. The van der Waals surface area contributed by atoms with Gasteiger partial charge < -0.3 is 24.4 Å². The molecule has 35 heavy (non-hydrogen) atoms. The van der Waals surface area contributed by atoms with Crippen LogP contribution in [0.2, 0.25) is 0 Å². The Balaban J connectivity index is 4.02. The Labute approximate surface area is 212 Å². The topological polar surface area (TPSA) is 119 Å². The number of esters is 3. The van der Waals surface area contributed by atoms with Gasteiger partial charge in [0.2, 0.25) is 0 Å². The molecule has 0 aliphatic carbocycles. The van der Waals surface area contributed by atoms with E-state index in [0.29, 0.717) is 12.8 Å². The summed E-state index contributed by atoms with van der Waals surface area (Å²) in [6, 6.07) is 0. The molecule has 0 bridgehead atoms. The second kappa shape index (κ2) is 22.8. The van der Waals surface area contributed by atoms with Crippen LogP contribution < -0.4 is 0 Å². The van der Waals surface area contributed by atoms with E-state index >= 15 is 0 Å². The van der Waals surface area contributed by atoms with Crippen molar-refractivity contribution in [2.24, 2.45) is 0 Å². The van der Waals surface area contributed by atoms with E-state index < -0.39 is 12.1 Å². The third kappa shape index (κ3) is 23.8. The van der Waals surface area contributed by atoms with Gasteiger partial charge in [0.15, 0.2) is 6.10 Å². The van der Waals surface area contributed by atoms with Gasteiger partial charge in [0.1, 0.15) is 13.2 Å². The average Bonchev–Trinajstić information content (AvgIpc) is 2.81. The number of aliphatic hydroxyl groups excluding tert-OH is 2. The summed E-state index contributed by atoms with van der Waals surface area (Å²) < 4.78 is 15.6. The fourth-order valence-electron chi connectivity index (χ4n) is 3.63. The molecule has 3 atom stereocenters. The Morgan fingerprint density at radius 2 is 1.17 bits per heavy atom. The van der Waals surface area contributed by atoms with E-state index in [4.69, 9.17) is 14.2 Å². The number of carbonyl (C=O) groups is 3. The molecule has 0 aromatic heterocycles. The van der Waals surface area contributed by atoms with Gasteiger partial charge in [-0.3, -0.25) is 14.4 Å². The molecule has 0 radical (unpaired) electrons. The summed E-state index contributed by atoms with van der Waals surface area (Å²) in [5.41, 5.74) is 0. The van der Waals surface area contributed by atoms with Crippen molar-refractivity contribution in [1.82, 2.24) is 0 Å². The molecule has 0 heterocycles. The molecule has 0 aliphatic heterocycles. The molecule has 0 aromatic carbocycles. The number of carbonyl (C=O) groups excluding carboxylic acids is 3. The highest BCUT2D eigenvalue weighted by Gasteiger charge is 2.18. The fraction of sp³-hybridized carbons (Fsp3) is 0.889. The summed E-state index contributed by atoms with van der Waals surface area (Å²) in [6.07, 6.45) is 12.3. The zero-order chi connectivity index (χ0) is 26.3. The highest BCUT2D eigenvalue weighted by Crippen LogP contribution is 2.12. The molecule has 8 nitrogen and oxygen atoms in total. The number of hydrogen-bond acceptors (Lipinski definition) is 8. The van der Waals surface area contributed by atoms with E-state index in [1.807, 2.05) is 6.92 Å². The van der Waals surface area contributed by atoms with Gasteiger partial charge in [-0.1, -0.05) is 64.7 Å². The first kappa shape index (κ1) is 33.3. The molecular weight excluding hydrogens is 452 g/mol. The smallest absolute Gasteiger partial charge is 0.306 e. The summed E-state index contributed by atoms with van der Waals surface area (Å²) in [6.45, 7) is 4.78. The molecule has 0 amide bonds. The van der Waals surface area contributed by atoms with Crippen LogP contribution in [0, 0.1) is 0 Å². The van der Waals surface area contributed by atoms with Crippen LogP contribution >= 0.6 is 0 Å². The SMILES string of the molecule is CCC(O)CCCCCCCC(=O)OCC(COC(C)=O)OC(=O)CCCCCCCCC(C)O. The maximum absolute atomic E-state index is 12.2. The predicted molar refractivity (Wildman–Crippen MR) is 135 cm³/mol. The lowest BCUT2D eigenvalue weighted by atomic mass is 10.1. The van der Waals surface area contributed by atoms with Crippen molar-refractivity contribution in [3.05, 3.63) is 0 Å². The van der Waals surface area contributed by atoms with Crippen LogP contribution in [0.1, 0.15) is 124 Å². The van der Waals surface area contributed by atoms with Gasteiger partial charge in [-0.2, -0.15) is 0 Å². The maximum atomic E-state index is 12.2. The Hall–Kier alpha value is -1.67. The fourth-order valence-corrected chi connectivity index (χ4v) is 3.63. The maximum Gasteiger partial charge on any atom is 0.306 e. The third-order valence-corrected chi connectivity index (χ3v) is 5.84. The van der Waals surface area contributed by atoms with Gasteiger partial charge in [0.25, 0.3) is 0 Å². The Kier molecular flexibility index (Phi) is 21.7. The van der Waals surface area contributed by atoms with Crippen molar-refractivity contribution in [3.63, 3.8) is 0 Å². The lowest BCUT2D eigenvalue weighted by molar-refractivity contribution is -0.166. The number of rotatable bonds is 23. The van der Waals surface area contributed by atoms with E-state index in [-0.39, 0.29) is 43.8 Å². The summed E-state index contributed by atoms with van der Waals surface area (Å²) in [7, 11) is 0. The second-order valence-corrected chi connectivity index (χ2v) is 9.47. The highest BCUT2D eigenvalue weighted by molar-refractivity contribution is 5.70. The summed E-state index contributed by atoms with van der Waals surface area (Å²) >= 11 is 0. The van der Waals surface area contributed by atoms with E-state index in [1.54, 1.807) is 6.92 Å². The molecule has 0 spiro atoms. The van der Waals surface area contributed by atoms with E-state index in [0.717, 1.165) is 83.5 Å². The van der Waals surface area contributed by atoms with Crippen molar-refractivity contribution >= 4 is 17.9 Å². The van der Waals surface area contributed by atoms with Crippen molar-refractivity contribution in [2.75, 3.05) is 13.2 Å². The van der Waals surface area contributed by atoms with Crippen molar-refractivity contribution < 1.29 is 38.8 Å². The molecule has 0 saturated carbocycles. The first-order chi connectivity index (χ1) is 16.7. The number of unbranched alkanes of at least 4 members (excludes halogenated alkanes) is 9. The molecule has 0 rings (SSSR count). The number of hydrogen-bond donors (Lipinski definition) is 2. The van der Waals surface area contributed by atoms with Gasteiger partial charge in [-0.25, -0.2) is 0 Å². The lowest BCUT2D eigenvalue weighted by Gasteiger charge is -2.18. The van der Waals surface area contributed by atoms with Crippen LogP contribution in [0.3, 0.4) is 0 Å². The zero-order valence-corrected chi connectivity index (χ0v) is 22.3. The second-order valence-electron chi connectivity index (χ2n) is 9.47. The Bertz CT molecular complexity index is 549. The largest absolute Gasteiger partial charge is 0.462 e. The van der Waals surface area contributed by atoms with Crippen LogP contribution in [0.5, 0.6) is 0 Å². The van der Waals surface area contributed by atoms with Gasteiger partial charge >= 0.3 is 17.9 Å². The van der Waals surface area contributed by atoms with E-state index in [1.165, 1.54) is 6.92 Å². The zero-order valence-electron chi connectivity index (χ0n) is 22.3. The Morgan fingerprint density at radius 1 is 0.686 bits per heavy atom. The van der Waals surface area contributed by atoms with E-state index in [9.17, 15) is 24.6 Å².